The van der Waals surface area contributed by atoms with Gasteiger partial charge in [-0.25, -0.2) is 4.79 Å². The molecule has 0 saturated carbocycles. The van der Waals surface area contributed by atoms with E-state index in [1.54, 1.807) is 0 Å². The first-order chi connectivity index (χ1) is 12.6. The number of amides is 1. The molecule has 1 aromatic carbocycles. The van der Waals surface area contributed by atoms with Gasteiger partial charge in [-0.05, 0) is 30.5 Å². The van der Waals surface area contributed by atoms with Gasteiger partial charge in [0.2, 0.25) is 0 Å². The van der Waals surface area contributed by atoms with Gasteiger partial charge >= 0.3 is 6.09 Å². The largest absolute Gasteiger partial charge is 0.444 e. The molecule has 4 N–H and O–H groups in total. The van der Waals surface area contributed by atoms with Gasteiger partial charge in [-0.2, -0.15) is 0 Å². The van der Waals surface area contributed by atoms with Crippen LogP contribution in [0.2, 0.25) is 0 Å². The number of hydrogen-bond donors (Lipinski definition) is 3. The van der Waals surface area contributed by atoms with E-state index in [1.807, 2.05) is 12.1 Å². The fourth-order valence-corrected chi connectivity index (χ4v) is 3.57. The van der Waals surface area contributed by atoms with Crippen molar-refractivity contribution >= 4 is 17.7 Å². The Kier molecular flexibility index (Phi) is 6.30. The fraction of sp³-hybridized carbons (Fsp3) is 0.556. The monoisotopic (exact) mass is 361 g/mol. The molecule has 0 aliphatic carbocycles. The second-order valence-corrected chi connectivity index (χ2v) is 6.65. The summed E-state index contributed by atoms with van der Waals surface area (Å²) in [6, 6.07) is 8.69. The SMILES string of the molecule is N=C(N)NC(=O)OCc1cccc(N2CCC(N3CCOCC3)CC2)c1. The molecule has 142 valence electrons. The predicted molar refractivity (Wildman–Crippen MR) is 99.3 cm³/mol. The summed E-state index contributed by atoms with van der Waals surface area (Å²) in [6.45, 7) is 5.98. The first kappa shape index (κ1) is 18.5. The van der Waals surface area contributed by atoms with Crippen LogP contribution in [0.25, 0.3) is 0 Å². The molecule has 2 saturated heterocycles. The molecule has 0 unspecified atom stereocenters. The quantitative estimate of drug-likeness (QED) is 0.548. The molecule has 0 spiro atoms. The summed E-state index contributed by atoms with van der Waals surface area (Å²) in [5, 5.41) is 9.12. The van der Waals surface area contributed by atoms with Crippen molar-refractivity contribution in [2.45, 2.75) is 25.5 Å². The Morgan fingerprint density at radius 2 is 2.00 bits per heavy atom. The second-order valence-electron chi connectivity index (χ2n) is 6.65. The molecule has 8 heteroatoms. The molecule has 2 fully saturated rings. The Balaban J connectivity index is 1.50. The minimum atomic E-state index is -0.714. The van der Waals surface area contributed by atoms with Gasteiger partial charge in [0.05, 0.1) is 13.2 Å². The molecular weight excluding hydrogens is 334 g/mol. The van der Waals surface area contributed by atoms with E-state index in [9.17, 15) is 4.79 Å². The highest BCUT2D eigenvalue weighted by atomic mass is 16.5. The minimum absolute atomic E-state index is 0.150. The summed E-state index contributed by atoms with van der Waals surface area (Å²) < 4.78 is 10.5. The Hall–Kier alpha value is -2.32. The highest BCUT2D eigenvalue weighted by Gasteiger charge is 2.25. The van der Waals surface area contributed by atoms with Gasteiger partial charge in [0, 0.05) is 37.9 Å². The highest BCUT2D eigenvalue weighted by Crippen LogP contribution is 2.24. The van der Waals surface area contributed by atoms with Crippen LogP contribution in [0.15, 0.2) is 24.3 Å². The standard InChI is InChI=1S/C18H27N5O3/c19-17(20)21-18(24)26-13-14-2-1-3-16(12-14)22-6-4-15(5-7-22)23-8-10-25-11-9-23/h1-3,12,15H,4-11,13H2,(H4,19,20,21,24). The zero-order valence-electron chi connectivity index (χ0n) is 14.9. The molecule has 0 aromatic heterocycles. The fourth-order valence-electron chi connectivity index (χ4n) is 3.57. The molecule has 8 nitrogen and oxygen atoms in total. The van der Waals surface area contributed by atoms with Crippen LogP contribution in [-0.2, 0) is 16.1 Å². The van der Waals surface area contributed by atoms with Gasteiger partial charge in [0.15, 0.2) is 5.96 Å². The smallest absolute Gasteiger partial charge is 0.414 e. The van der Waals surface area contributed by atoms with Crippen molar-refractivity contribution in [2.75, 3.05) is 44.3 Å². The predicted octanol–water partition coefficient (Wildman–Crippen LogP) is 1.11. The second kappa shape index (κ2) is 8.86. The van der Waals surface area contributed by atoms with Crippen molar-refractivity contribution in [3.8, 4) is 0 Å². The summed E-state index contributed by atoms with van der Waals surface area (Å²) >= 11 is 0. The van der Waals surface area contributed by atoms with Crippen molar-refractivity contribution < 1.29 is 14.3 Å². The number of nitrogens with one attached hydrogen (secondary N) is 2. The molecule has 2 aliphatic heterocycles. The summed E-state index contributed by atoms with van der Waals surface area (Å²) in [5.74, 6) is -0.424. The number of guanidine groups is 1. The van der Waals surface area contributed by atoms with Gasteiger partial charge in [0.25, 0.3) is 0 Å². The molecule has 0 radical (unpaired) electrons. The van der Waals surface area contributed by atoms with Crippen molar-refractivity contribution in [2.24, 2.45) is 5.73 Å². The zero-order valence-corrected chi connectivity index (χ0v) is 14.9. The molecule has 1 amide bonds. The number of morpholine rings is 1. The Morgan fingerprint density at radius 1 is 1.27 bits per heavy atom. The van der Waals surface area contributed by atoms with E-state index in [1.165, 1.54) is 0 Å². The number of ether oxygens (including phenoxy) is 2. The number of benzene rings is 1. The highest BCUT2D eigenvalue weighted by molar-refractivity contribution is 5.90. The zero-order chi connectivity index (χ0) is 18.4. The lowest BCUT2D eigenvalue weighted by molar-refractivity contribution is 0.0115. The van der Waals surface area contributed by atoms with E-state index in [2.05, 4.69) is 27.2 Å². The topological polar surface area (TPSA) is 104 Å². The van der Waals surface area contributed by atoms with Crippen molar-refractivity contribution in [3.05, 3.63) is 29.8 Å². The lowest BCUT2D eigenvalue weighted by atomic mass is 10.0. The first-order valence-electron chi connectivity index (χ1n) is 9.05. The molecule has 26 heavy (non-hydrogen) atoms. The van der Waals surface area contributed by atoms with Crippen LogP contribution in [0.5, 0.6) is 0 Å². The lowest BCUT2D eigenvalue weighted by Crippen LogP contribution is -2.49. The van der Waals surface area contributed by atoms with Crippen molar-refractivity contribution in [1.82, 2.24) is 10.2 Å². The third-order valence-corrected chi connectivity index (χ3v) is 4.91. The number of rotatable bonds is 4. The first-order valence-corrected chi connectivity index (χ1v) is 9.05. The third kappa shape index (κ3) is 5.09. The minimum Gasteiger partial charge on any atom is -0.444 e. The average molecular weight is 361 g/mol. The van der Waals surface area contributed by atoms with Crippen LogP contribution in [-0.4, -0.2) is 62.4 Å². The summed E-state index contributed by atoms with van der Waals surface area (Å²) in [4.78, 5) is 16.4. The molecule has 2 aliphatic rings. The van der Waals surface area contributed by atoms with Gasteiger partial charge in [-0.3, -0.25) is 15.6 Å². The number of alkyl carbamates (subject to hydrolysis) is 1. The van der Waals surface area contributed by atoms with E-state index >= 15 is 0 Å². The van der Waals surface area contributed by atoms with Gasteiger partial charge in [-0.1, -0.05) is 12.1 Å². The average Bonchev–Trinajstić information content (AvgIpc) is 2.67. The van der Waals surface area contributed by atoms with Crippen LogP contribution in [0.1, 0.15) is 18.4 Å². The molecule has 3 rings (SSSR count). The number of carbonyl (C=O) groups excluding carboxylic acids is 1. The number of piperidine rings is 1. The van der Waals surface area contributed by atoms with Crippen LogP contribution in [0.4, 0.5) is 10.5 Å². The van der Waals surface area contributed by atoms with Crippen LogP contribution < -0.4 is 16.0 Å². The molecule has 0 atom stereocenters. The lowest BCUT2D eigenvalue weighted by Gasteiger charge is -2.40. The Bertz CT molecular complexity index is 625. The van der Waals surface area contributed by atoms with E-state index < -0.39 is 12.1 Å². The normalized spacial score (nSPS) is 19.2. The summed E-state index contributed by atoms with van der Waals surface area (Å²) in [5.41, 5.74) is 7.17. The van der Waals surface area contributed by atoms with Gasteiger partial charge < -0.3 is 20.1 Å². The number of hydrogen-bond acceptors (Lipinski definition) is 6. The molecular formula is C18H27N5O3. The van der Waals surface area contributed by atoms with Crippen molar-refractivity contribution in [1.29, 1.82) is 5.41 Å². The van der Waals surface area contributed by atoms with Gasteiger partial charge in [0.1, 0.15) is 6.61 Å². The van der Waals surface area contributed by atoms with Crippen LogP contribution >= 0.6 is 0 Å². The van der Waals surface area contributed by atoms with E-state index in [-0.39, 0.29) is 6.61 Å². The molecule has 0 bridgehead atoms. The Labute approximate surface area is 153 Å². The number of nitrogens with zero attached hydrogens (tertiary/aromatic N) is 2. The van der Waals surface area contributed by atoms with E-state index in [4.69, 9.17) is 20.6 Å². The maximum atomic E-state index is 11.4. The van der Waals surface area contributed by atoms with Crippen molar-refractivity contribution in [3.63, 3.8) is 0 Å². The van der Waals surface area contributed by atoms with Crippen LogP contribution in [0.3, 0.4) is 0 Å². The maximum Gasteiger partial charge on any atom is 0.414 e. The number of anilines is 1. The van der Waals surface area contributed by atoms with E-state index in [0.717, 1.165) is 63.5 Å². The Morgan fingerprint density at radius 3 is 2.69 bits per heavy atom. The third-order valence-electron chi connectivity index (χ3n) is 4.91. The summed E-state index contributed by atoms with van der Waals surface area (Å²) in [7, 11) is 0. The maximum absolute atomic E-state index is 11.4. The summed E-state index contributed by atoms with van der Waals surface area (Å²) in [6.07, 6.45) is 1.60. The number of nitrogens with two attached hydrogens (primary N) is 1. The molecule has 1 aromatic rings. The molecule has 2 heterocycles. The van der Waals surface area contributed by atoms with E-state index in [0.29, 0.717) is 6.04 Å². The van der Waals surface area contributed by atoms with Crippen LogP contribution in [0, 0.1) is 5.41 Å². The van der Waals surface area contributed by atoms with Gasteiger partial charge in [-0.15, -0.1) is 0 Å². The number of carbonyl (C=O) groups is 1.